The standard InChI is InChI=1S/C21H30N2O5/c1-22(2)13-19(24)23-10-7-15-11-17(27-3)18(28-4)12-16(15)21(23)8-5-14(6-9-21)20(25)26/h11-12,14H,5-10,13H2,1-4H3,(H,25,26)/t14-,21-. The third-order valence-electron chi connectivity index (χ3n) is 6.15. The van der Waals surface area contributed by atoms with E-state index in [9.17, 15) is 14.7 Å². The summed E-state index contributed by atoms with van der Waals surface area (Å²) in [5.41, 5.74) is 1.75. The Balaban J connectivity index is 2.06. The number of amides is 1. The third kappa shape index (κ3) is 3.55. The van der Waals surface area contributed by atoms with E-state index < -0.39 is 11.5 Å². The first-order valence-electron chi connectivity index (χ1n) is 9.75. The van der Waals surface area contributed by atoms with E-state index >= 15 is 0 Å². The van der Waals surface area contributed by atoms with Crippen LogP contribution in [0.4, 0.5) is 0 Å². The van der Waals surface area contributed by atoms with E-state index in [4.69, 9.17) is 9.47 Å². The highest BCUT2D eigenvalue weighted by Crippen LogP contribution is 2.50. The molecule has 1 spiro atoms. The lowest BCUT2D eigenvalue weighted by atomic mass is 9.68. The zero-order valence-corrected chi connectivity index (χ0v) is 17.2. The van der Waals surface area contributed by atoms with Gasteiger partial charge in [0.1, 0.15) is 0 Å². The lowest BCUT2D eigenvalue weighted by Gasteiger charge is -2.51. The van der Waals surface area contributed by atoms with E-state index in [1.54, 1.807) is 14.2 Å². The lowest BCUT2D eigenvalue weighted by Crippen LogP contribution is -2.57. The minimum Gasteiger partial charge on any atom is -0.493 e. The van der Waals surface area contributed by atoms with Gasteiger partial charge in [0.15, 0.2) is 11.5 Å². The molecule has 1 aromatic carbocycles. The van der Waals surface area contributed by atoms with Crippen LogP contribution in [0.2, 0.25) is 0 Å². The van der Waals surface area contributed by atoms with Crippen LogP contribution in [0.15, 0.2) is 12.1 Å². The summed E-state index contributed by atoms with van der Waals surface area (Å²) in [6.07, 6.45) is 3.17. The van der Waals surface area contributed by atoms with Gasteiger partial charge in [0.2, 0.25) is 5.91 Å². The molecule has 0 bridgehead atoms. The molecule has 3 rings (SSSR count). The SMILES string of the molecule is COc1cc2c(cc1OC)[C@]1(CC[C@@H](C(=O)O)CC1)N(C(=O)CN(C)C)CC2. The number of aliphatic carboxylic acids is 1. The Morgan fingerprint density at radius 3 is 2.32 bits per heavy atom. The maximum Gasteiger partial charge on any atom is 0.306 e. The number of carboxylic acids is 1. The van der Waals surface area contributed by atoms with Gasteiger partial charge in [0.05, 0.1) is 32.2 Å². The van der Waals surface area contributed by atoms with Crippen LogP contribution >= 0.6 is 0 Å². The summed E-state index contributed by atoms with van der Waals surface area (Å²) in [6, 6.07) is 4.00. The molecule has 1 fully saturated rings. The molecule has 7 nitrogen and oxygen atoms in total. The van der Waals surface area contributed by atoms with E-state index in [0.29, 0.717) is 50.3 Å². The zero-order valence-electron chi connectivity index (χ0n) is 17.2. The number of hydrogen-bond acceptors (Lipinski definition) is 5. The molecule has 154 valence electrons. The molecule has 0 aromatic heterocycles. The van der Waals surface area contributed by atoms with Gasteiger partial charge < -0.3 is 24.4 Å². The van der Waals surface area contributed by atoms with Crippen molar-refractivity contribution < 1.29 is 24.2 Å². The van der Waals surface area contributed by atoms with Crippen LogP contribution in [-0.4, -0.2) is 68.2 Å². The van der Waals surface area contributed by atoms with Gasteiger partial charge in [0.25, 0.3) is 0 Å². The smallest absolute Gasteiger partial charge is 0.306 e. The summed E-state index contributed by atoms with van der Waals surface area (Å²) in [5, 5.41) is 9.44. The number of carbonyl (C=O) groups is 2. The third-order valence-corrected chi connectivity index (χ3v) is 6.15. The molecule has 1 saturated carbocycles. The average Bonchev–Trinajstić information content (AvgIpc) is 2.67. The fourth-order valence-corrected chi connectivity index (χ4v) is 4.75. The Bertz CT molecular complexity index is 753. The summed E-state index contributed by atoms with van der Waals surface area (Å²) in [6.45, 7) is 0.972. The van der Waals surface area contributed by atoms with Crippen molar-refractivity contribution in [3.63, 3.8) is 0 Å². The number of carbonyl (C=O) groups excluding carboxylic acids is 1. The van der Waals surface area contributed by atoms with Gasteiger partial charge in [-0.25, -0.2) is 0 Å². The zero-order chi connectivity index (χ0) is 20.5. The van der Waals surface area contributed by atoms with Gasteiger partial charge in [-0.05, 0) is 69.5 Å². The molecule has 7 heteroatoms. The summed E-state index contributed by atoms with van der Waals surface area (Å²) in [5.74, 6) is 0.317. The lowest BCUT2D eigenvalue weighted by molar-refractivity contribution is -0.147. The Morgan fingerprint density at radius 2 is 1.79 bits per heavy atom. The van der Waals surface area contributed by atoms with Gasteiger partial charge in [-0.15, -0.1) is 0 Å². The molecule has 1 amide bonds. The van der Waals surface area contributed by atoms with Crippen molar-refractivity contribution in [3.05, 3.63) is 23.3 Å². The van der Waals surface area contributed by atoms with Gasteiger partial charge >= 0.3 is 5.97 Å². The molecule has 28 heavy (non-hydrogen) atoms. The highest BCUT2D eigenvalue weighted by Gasteiger charge is 2.48. The topological polar surface area (TPSA) is 79.3 Å². The average molecular weight is 390 g/mol. The summed E-state index contributed by atoms with van der Waals surface area (Å²) in [4.78, 5) is 28.5. The second kappa shape index (κ2) is 7.99. The minimum atomic E-state index is -0.746. The van der Waals surface area contributed by atoms with Crippen molar-refractivity contribution in [2.75, 3.05) is 41.4 Å². The first kappa shape index (κ1) is 20.5. The maximum absolute atomic E-state index is 13.1. The van der Waals surface area contributed by atoms with Gasteiger partial charge in [-0.2, -0.15) is 0 Å². The van der Waals surface area contributed by atoms with Crippen molar-refractivity contribution in [3.8, 4) is 11.5 Å². The quantitative estimate of drug-likeness (QED) is 0.830. The monoisotopic (exact) mass is 390 g/mol. The molecule has 1 N–H and O–H groups in total. The number of methoxy groups -OCH3 is 2. The fraction of sp³-hybridized carbons (Fsp3) is 0.619. The fourth-order valence-electron chi connectivity index (χ4n) is 4.75. The van der Waals surface area contributed by atoms with Crippen LogP contribution in [0, 0.1) is 5.92 Å². The summed E-state index contributed by atoms with van der Waals surface area (Å²) < 4.78 is 11.0. The second-order valence-corrected chi connectivity index (χ2v) is 8.04. The number of carboxylic acid groups (broad SMARTS) is 1. The highest BCUT2D eigenvalue weighted by molar-refractivity contribution is 5.80. The number of hydrogen-bond donors (Lipinski definition) is 1. The van der Waals surface area contributed by atoms with Gasteiger partial charge in [-0.3, -0.25) is 9.59 Å². The molecule has 1 aromatic rings. The Hall–Kier alpha value is -2.28. The molecule has 0 atom stereocenters. The van der Waals surface area contributed by atoms with Crippen LogP contribution in [-0.2, 0) is 21.5 Å². The summed E-state index contributed by atoms with van der Waals surface area (Å²) in [7, 11) is 7.00. The molecule has 1 aliphatic carbocycles. The number of likely N-dealkylation sites (N-methyl/N-ethyl adjacent to an activating group) is 1. The van der Waals surface area contributed by atoms with Crippen molar-refractivity contribution in [2.24, 2.45) is 5.92 Å². The molecular weight excluding hydrogens is 360 g/mol. The summed E-state index contributed by atoms with van der Waals surface area (Å²) >= 11 is 0. The van der Waals surface area contributed by atoms with Crippen LogP contribution in [0.3, 0.4) is 0 Å². The highest BCUT2D eigenvalue weighted by atomic mass is 16.5. The van der Waals surface area contributed by atoms with Crippen LogP contribution in [0.5, 0.6) is 11.5 Å². The normalized spacial score (nSPS) is 24.2. The maximum atomic E-state index is 13.1. The van der Waals surface area contributed by atoms with Gasteiger partial charge in [0, 0.05) is 6.54 Å². The van der Waals surface area contributed by atoms with E-state index in [2.05, 4.69) is 0 Å². The van der Waals surface area contributed by atoms with E-state index in [-0.39, 0.29) is 11.8 Å². The molecule has 0 radical (unpaired) electrons. The van der Waals surface area contributed by atoms with E-state index in [1.807, 2.05) is 36.0 Å². The Kier molecular flexibility index (Phi) is 5.84. The first-order valence-corrected chi connectivity index (χ1v) is 9.75. The van der Waals surface area contributed by atoms with E-state index in [1.165, 1.54) is 0 Å². The largest absolute Gasteiger partial charge is 0.493 e. The van der Waals surface area contributed by atoms with Crippen molar-refractivity contribution in [1.29, 1.82) is 0 Å². The molecule has 0 unspecified atom stereocenters. The van der Waals surface area contributed by atoms with Crippen molar-refractivity contribution in [1.82, 2.24) is 9.80 Å². The van der Waals surface area contributed by atoms with Gasteiger partial charge in [-0.1, -0.05) is 0 Å². The Morgan fingerprint density at radius 1 is 1.18 bits per heavy atom. The number of benzene rings is 1. The van der Waals surface area contributed by atoms with Crippen LogP contribution in [0.25, 0.3) is 0 Å². The predicted octanol–water partition coefficient (Wildman–Crippen LogP) is 2.12. The minimum absolute atomic E-state index is 0.0826. The van der Waals surface area contributed by atoms with Crippen molar-refractivity contribution >= 4 is 11.9 Å². The van der Waals surface area contributed by atoms with Crippen LogP contribution in [0.1, 0.15) is 36.8 Å². The molecule has 2 aliphatic rings. The van der Waals surface area contributed by atoms with E-state index in [0.717, 1.165) is 17.5 Å². The van der Waals surface area contributed by atoms with Crippen molar-refractivity contribution in [2.45, 2.75) is 37.6 Å². The molecule has 0 saturated heterocycles. The number of rotatable bonds is 5. The molecule has 1 heterocycles. The number of fused-ring (bicyclic) bond motifs is 2. The number of nitrogens with zero attached hydrogens (tertiary/aromatic N) is 2. The molecule has 1 aliphatic heterocycles. The Labute approximate surface area is 166 Å². The molecular formula is C21H30N2O5. The predicted molar refractivity (Wildman–Crippen MR) is 105 cm³/mol. The first-order chi connectivity index (χ1) is 13.3. The number of ether oxygens (including phenoxy) is 2. The van der Waals surface area contributed by atoms with Crippen LogP contribution < -0.4 is 9.47 Å². The second-order valence-electron chi connectivity index (χ2n) is 8.04.